The zero-order chi connectivity index (χ0) is 30.3. The van der Waals surface area contributed by atoms with Gasteiger partial charge in [0.1, 0.15) is 30.5 Å². The molecule has 0 saturated heterocycles. The van der Waals surface area contributed by atoms with Crippen molar-refractivity contribution in [2.45, 2.75) is 66.2 Å². The van der Waals surface area contributed by atoms with Crippen LogP contribution in [0.4, 0.5) is 21.0 Å². The predicted molar refractivity (Wildman–Crippen MR) is 147 cm³/mol. The van der Waals surface area contributed by atoms with Gasteiger partial charge in [-0.3, -0.25) is 19.7 Å². The number of alkyl carbamates (subject to hydrolysis) is 1. The summed E-state index contributed by atoms with van der Waals surface area (Å²) in [5, 5.41) is 18.1. The van der Waals surface area contributed by atoms with Crippen molar-refractivity contribution in [3.63, 3.8) is 0 Å². The number of hydrogen-bond acceptors (Lipinski definition) is 9. The first-order valence-corrected chi connectivity index (χ1v) is 12.5. The van der Waals surface area contributed by atoms with Gasteiger partial charge in [-0.1, -0.05) is 32.4 Å². The first-order valence-electron chi connectivity index (χ1n) is 12.5. The minimum atomic E-state index is -0.989. The highest BCUT2D eigenvalue weighted by Crippen LogP contribution is 2.18. The van der Waals surface area contributed by atoms with E-state index in [9.17, 15) is 29.3 Å². The van der Waals surface area contributed by atoms with Gasteiger partial charge < -0.3 is 30.2 Å². The number of nitro benzene ring substituents is 1. The average Bonchev–Trinajstić information content (AvgIpc) is 2.87. The molecule has 3 amide bonds. The third kappa shape index (κ3) is 13.7. The Morgan fingerprint density at radius 3 is 2.08 bits per heavy atom. The van der Waals surface area contributed by atoms with E-state index in [4.69, 9.17) is 14.2 Å². The summed E-state index contributed by atoms with van der Waals surface area (Å²) in [6.07, 6.45) is -0.486. The molecule has 0 aliphatic rings. The van der Waals surface area contributed by atoms with E-state index in [1.165, 1.54) is 37.6 Å². The summed E-state index contributed by atoms with van der Waals surface area (Å²) in [6, 6.07) is 10.4. The number of ether oxygens (including phenoxy) is 3. The Morgan fingerprint density at radius 1 is 0.975 bits per heavy atom. The normalized spacial score (nSPS) is 11.1. The van der Waals surface area contributed by atoms with Crippen molar-refractivity contribution in [1.29, 1.82) is 0 Å². The summed E-state index contributed by atoms with van der Waals surface area (Å²) in [7, 11) is 0. The molecule has 0 saturated carbocycles. The Bertz CT molecular complexity index is 1140. The molecule has 0 spiro atoms. The number of nitro groups is 1. The van der Waals surface area contributed by atoms with E-state index in [1.54, 1.807) is 45.0 Å². The Labute approximate surface area is 232 Å². The molecule has 0 aliphatic carbocycles. The summed E-state index contributed by atoms with van der Waals surface area (Å²) in [6.45, 7) is 10.3. The topological polar surface area (TPSA) is 175 Å². The smallest absolute Gasteiger partial charge is 0.444 e. The van der Waals surface area contributed by atoms with E-state index in [0.717, 1.165) is 0 Å². The summed E-state index contributed by atoms with van der Waals surface area (Å²) in [5.74, 6) is -0.960. The van der Waals surface area contributed by atoms with Crippen LogP contribution in [0, 0.1) is 10.1 Å². The maximum Gasteiger partial charge on any atom is 0.514 e. The number of amides is 3. The van der Waals surface area contributed by atoms with Crippen LogP contribution in [0.25, 0.3) is 0 Å². The lowest BCUT2D eigenvalue weighted by Crippen LogP contribution is -2.46. The van der Waals surface area contributed by atoms with Gasteiger partial charge in [0.25, 0.3) is 5.69 Å². The van der Waals surface area contributed by atoms with Crippen molar-refractivity contribution >= 4 is 35.4 Å². The van der Waals surface area contributed by atoms with E-state index in [0.29, 0.717) is 11.3 Å². The van der Waals surface area contributed by atoms with Gasteiger partial charge in [-0.15, -0.1) is 0 Å². The van der Waals surface area contributed by atoms with Crippen molar-refractivity contribution in [3.05, 3.63) is 64.2 Å². The van der Waals surface area contributed by atoms with Crippen LogP contribution in [0.5, 0.6) is 5.75 Å². The molecule has 1 unspecified atom stereocenters. The molecule has 1 atom stereocenters. The fourth-order valence-electron chi connectivity index (χ4n) is 2.66. The minimum absolute atomic E-state index is 0.0930. The average molecular weight is 561 g/mol. The van der Waals surface area contributed by atoms with Crippen LogP contribution >= 0.6 is 0 Å². The molecule has 0 bridgehead atoms. The van der Waals surface area contributed by atoms with Crippen LogP contribution in [0.2, 0.25) is 0 Å². The van der Waals surface area contributed by atoms with Crippen molar-refractivity contribution in [2.75, 3.05) is 11.9 Å². The first kappa shape index (κ1) is 33.3. The lowest BCUT2D eigenvalue weighted by molar-refractivity contribution is -0.384. The molecule has 2 rings (SSSR count). The molecule has 0 fully saturated rings. The number of rotatable bonds is 9. The van der Waals surface area contributed by atoms with Crippen molar-refractivity contribution in [3.8, 4) is 5.75 Å². The first-order chi connectivity index (χ1) is 18.7. The monoisotopic (exact) mass is 560 g/mol. The van der Waals surface area contributed by atoms with Crippen LogP contribution in [0.3, 0.4) is 0 Å². The Balaban J connectivity index is 0.00000254. The summed E-state index contributed by atoms with van der Waals surface area (Å²) in [5.41, 5.74) is 0.205. The fourth-order valence-corrected chi connectivity index (χ4v) is 2.66. The molecule has 218 valence electrons. The van der Waals surface area contributed by atoms with Crippen LogP contribution in [0.15, 0.2) is 48.5 Å². The molecule has 2 aromatic rings. The van der Waals surface area contributed by atoms with E-state index >= 15 is 0 Å². The third-order valence-corrected chi connectivity index (χ3v) is 4.39. The van der Waals surface area contributed by atoms with Crippen LogP contribution < -0.4 is 20.7 Å². The number of benzene rings is 2. The Hall–Kier alpha value is -4.68. The Morgan fingerprint density at radius 2 is 1.55 bits per heavy atom. The van der Waals surface area contributed by atoms with Gasteiger partial charge in [0, 0.05) is 17.8 Å². The molecular formula is C27H36N4O9. The molecule has 2 aromatic carbocycles. The van der Waals surface area contributed by atoms with Crippen LogP contribution in [-0.4, -0.2) is 47.2 Å². The number of hydrogen-bond donors (Lipinski definition) is 3. The van der Waals surface area contributed by atoms with Gasteiger partial charge in [-0.25, -0.2) is 9.59 Å². The molecular weight excluding hydrogens is 524 g/mol. The van der Waals surface area contributed by atoms with Gasteiger partial charge in [0.15, 0.2) is 0 Å². The maximum absolute atomic E-state index is 12.3. The van der Waals surface area contributed by atoms with Gasteiger partial charge in [0.05, 0.1) is 4.92 Å². The van der Waals surface area contributed by atoms with Crippen LogP contribution in [-0.2, 0) is 25.7 Å². The number of nitrogens with zero attached hydrogens (tertiary/aromatic N) is 1. The summed E-state index contributed by atoms with van der Waals surface area (Å²) in [4.78, 5) is 57.8. The lowest BCUT2D eigenvalue weighted by Gasteiger charge is -2.20. The standard InChI is InChI=1S/C24H28N4O9.C3H8/c1-15(26-20(29)13-25-22(31)37-24(2,3)4)21(30)27-17-7-5-16(6-8-17)14-35-23(32)36-19-11-9-18(10-12-19)28(33)34;1-3-2/h5-12,15H,13-14H2,1-4H3,(H,25,31)(H,26,29)(H,27,30);3H2,1-2H3. The second-order valence-corrected chi connectivity index (χ2v) is 9.43. The van der Waals surface area contributed by atoms with E-state index in [1.807, 2.05) is 0 Å². The second-order valence-electron chi connectivity index (χ2n) is 9.43. The van der Waals surface area contributed by atoms with Crippen molar-refractivity contribution in [1.82, 2.24) is 10.6 Å². The number of nitrogens with one attached hydrogen (secondary N) is 3. The second kappa shape index (κ2) is 16.3. The summed E-state index contributed by atoms with van der Waals surface area (Å²) >= 11 is 0. The van der Waals surface area contributed by atoms with Gasteiger partial charge in [0.2, 0.25) is 11.8 Å². The third-order valence-electron chi connectivity index (χ3n) is 4.39. The minimum Gasteiger partial charge on any atom is -0.444 e. The van der Waals surface area contributed by atoms with E-state index in [-0.39, 0.29) is 24.6 Å². The molecule has 0 aliphatic heterocycles. The van der Waals surface area contributed by atoms with Crippen molar-refractivity contribution in [2.24, 2.45) is 0 Å². The number of non-ortho nitro benzene ring substituents is 1. The fraction of sp³-hybridized carbons (Fsp3) is 0.407. The van der Waals surface area contributed by atoms with Gasteiger partial charge in [-0.05, 0) is 57.5 Å². The largest absolute Gasteiger partial charge is 0.514 e. The quantitative estimate of drug-likeness (QED) is 0.170. The highest BCUT2D eigenvalue weighted by atomic mass is 16.7. The van der Waals surface area contributed by atoms with E-state index < -0.39 is 40.6 Å². The molecule has 0 aromatic heterocycles. The molecule has 0 heterocycles. The predicted octanol–water partition coefficient (Wildman–Crippen LogP) is 4.69. The highest BCUT2D eigenvalue weighted by molar-refractivity contribution is 5.97. The molecule has 40 heavy (non-hydrogen) atoms. The van der Waals surface area contributed by atoms with Crippen molar-refractivity contribution < 1.29 is 38.3 Å². The SMILES string of the molecule is CC(NC(=O)CNC(=O)OC(C)(C)C)C(=O)Nc1ccc(COC(=O)Oc2ccc([N+](=O)[O-])cc2)cc1.CCC. The number of carbonyl (C=O) groups is 4. The van der Waals surface area contributed by atoms with Gasteiger partial charge >= 0.3 is 12.2 Å². The number of carbonyl (C=O) groups excluding carboxylic acids is 4. The Kier molecular flexibility index (Phi) is 13.6. The number of anilines is 1. The van der Waals surface area contributed by atoms with E-state index in [2.05, 4.69) is 29.8 Å². The molecule has 0 radical (unpaired) electrons. The van der Waals surface area contributed by atoms with Gasteiger partial charge in [-0.2, -0.15) is 0 Å². The zero-order valence-corrected chi connectivity index (χ0v) is 23.4. The maximum atomic E-state index is 12.3. The highest BCUT2D eigenvalue weighted by Gasteiger charge is 2.19. The molecule has 3 N–H and O–H groups in total. The molecule has 13 heteroatoms. The zero-order valence-electron chi connectivity index (χ0n) is 23.4. The lowest BCUT2D eigenvalue weighted by atomic mass is 10.2. The summed E-state index contributed by atoms with van der Waals surface area (Å²) < 4.78 is 15.0. The van der Waals surface area contributed by atoms with Crippen LogP contribution in [0.1, 0.15) is 53.5 Å². The molecule has 13 nitrogen and oxygen atoms in total.